The fourth-order valence-electron chi connectivity index (χ4n) is 2.33. The molecule has 0 aliphatic carbocycles. The maximum absolute atomic E-state index is 11.4. The molecule has 2 heteroatoms. The van der Waals surface area contributed by atoms with Crippen molar-refractivity contribution in [2.24, 2.45) is 0 Å². The normalized spacial score (nSPS) is 11.0. The molecule has 0 aromatic heterocycles. The van der Waals surface area contributed by atoms with Gasteiger partial charge in [0.2, 0.25) is 0 Å². The Morgan fingerprint density at radius 2 is 1.52 bits per heavy atom. The van der Waals surface area contributed by atoms with Crippen molar-refractivity contribution >= 4 is 5.97 Å². The van der Waals surface area contributed by atoms with Gasteiger partial charge in [-0.15, -0.1) is 0 Å². The number of hydrogen-bond acceptors (Lipinski definition) is 2. The van der Waals surface area contributed by atoms with Gasteiger partial charge in [0.25, 0.3) is 0 Å². The lowest BCUT2D eigenvalue weighted by Gasteiger charge is -2.16. The van der Waals surface area contributed by atoms with Gasteiger partial charge in [-0.25, -0.2) is 4.79 Å². The van der Waals surface area contributed by atoms with Gasteiger partial charge in [-0.2, -0.15) is 0 Å². The number of benzene rings is 2. The number of hydrogen-bond donors (Lipinski definition) is 0. The molecule has 108 valence electrons. The average molecular weight is 280 g/mol. The Labute approximate surface area is 126 Å². The molecule has 2 aromatic carbocycles. The fourth-order valence-corrected chi connectivity index (χ4v) is 2.33. The third-order valence-corrected chi connectivity index (χ3v) is 3.32. The van der Waals surface area contributed by atoms with Gasteiger partial charge in [0.05, 0.1) is 6.61 Å². The predicted octanol–water partition coefficient (Wildman–Crippen LogP) is 4.33. The number of esters is 1. The molecule has 0 heterocycles. The van der Waals surface area contributed by atoms with Crippen molar-refractivity contribution < 1.29 is 9.53 Å². The van der Waals surface area contributed by atoms with Gasteiger partial charge in [0.15, 0.2) is 0 Å². The summed E-state index contributed by atoms with van der Waals surface area (Å²) in [5.74, 6) is -0.0320. The third kappa shape index (κ3) is 4.60. The van der Waals surface area contributed by atoms with E-state index < -0.39 is 0 Å². The molecule has 2 nitrogen and oxygen atoms in total. The Bertz CT molecular complexity index is 534. The van der Waals surface area contributed by atoms with Crippen molar-refractivity contribution in [3.63, 3.8) is 0 Å². The van der Waals surface area contributed by atoms with Crippen molar-refractivity contribution in [1.29, 1.82) is 0 Å². The van der Waals surface area contributed by atoms with Gasteiger partial charge >= 0.3 is 5.97 Å². The first-order chi connectivity index (χ1) is 10.3. The molecule has 2 aromatic rings. The van der Waals surface area contributed by atoms with Crippen LogP contribution in [0.1, 0.15) is 30.4 Å². The van der Waals surface area contributed by atoms with Crippen LogP contribution in [0.4, 0.5) is 0 Å². The monoisotopic (exact) mass is 280 g/mol. The maximum atomic E-state index is 11.4. The highest BCUT2D eigenvalue weighted by Crippen LogP contribution is 2.28. The minimum Gasteiger partial charge on any atom is -0.463 e. The van der Waals surface area contributed by atoms with Crippen LogP contribution in [0.15, 0.2) is 72.8 Å². The van der Waals surface area contributed by atoms with Crippen LogP contribution < -0.4 is 0 Å². The van der Waals surface area contributed by atoms with Crippen molar-refractivity contribution in [1.82, 2.24) is 0 Å². The fraction of sp³-hybridized carbons (Fsp3) is 0.211. The first-order valence-electron chi connectivity index (χ1n) is 7.24. The summed E-state index contributed by atoms with van der Waals surface area (Å²) < 4.78 is 4.91. The zero-order valence-electron chi connectivity index (χ0n) is 12.2. The largest absolute Gasteiger partial charge is 0.463 e. The second-order valence-electron chi connectivity index (χ2n) is 4.76. The summed E-state index contributed by atoms with van der Waals surface area (Å²) >= 11 is 0. The molecule has 0 amide bonds. The molecular formula is C19H20O2. The molecule has 0 bridgehead atoms. The summed E-state index contributed by atoms with van der Waals surface area (Å²) in [4.78, 5) is 11.4. The molecule has 0 unspecified atom stereocenters. The van der Waals surface area contributed by atoms with Crippen LogP contribution in [0.25, 0.3) is 0 Å². The van der Waals surface area contributed by atoms with Crippen LogP contribution in [0.3, 0.4) is 0 Å². The van der Waals surface area contributed by atoms with Crippen LogP contribution >= 0.6 is 0 Å². The van der Waals surface area contributed by atoms with E-state index in [2.05, 4.69) is 24.3 Å². The van der Waals surface area contributed by atoms with Crippen molar-refractivity contribution in [3.8, 4) is 0 Å². The van der Waals surface area contributed by atoms with Gasteiger partial charge < -0.3 is 4.74 Å². The number of carbonyl (C=O) groups is 1. The molecule has 21 heavy (non-hydrogen) atoms. The van der Waals surface area contributed by atoms with E-state index in [0.29, 0.717) is 6.61 Å². The molecule has 0 fully saturated rings. The van der Waals surface area contributed by atoms with E-state index in [1.165, 1.54) is 17.2 Å². The predicted molar refractivity (Wildman–Crippen MR) is 85.1 cm³/mol. The molecule has 0 N–H and O–H groups in total. The van der Waals surface area contributed by atoms with E-state index in [0.717, 1.165) is 6.42 Å². The smallest absolute Gasteiger partial charge is 0.330 e. The SMILES string of the molecule is CCOC(=O)/C=C/CC(c1ccccc1)c1ccccc1. The summed E-state index contributed by atoms with van der Waals surface area (Å²) in [6.07, 6.45) is 4.18. The Morgan fingerprint density at radius 1 is 1.00 bits per heavy atom. The third-order valence-electron chi connectivity index (χ3n) is 3.32. The maximum Gasteiger partial charge on any atom is 0.330 e. The second-order valence-corrected chi connectivity index (χ2v) is 4.76. The summed E-state index contributed by atoms with van der Waals surface area (Å²) in [7, 11) is 0. The van der Waals surface area contributed by atoms with E-state index in [1.54, 1.807) is 0 Å². The first-order valence-corrected chi connectivity index (χ1v) is 7.24. The van der Waals surface area contributed by atoms with Crippen LogP contribution in [0.5, 0.6) is 0 Å². The lowest BCUT2D eigenvalue weighted by Crippen LogP contribution is -2.02. The van der Waals surface area contributed by atoms with Crippen LogP contribution in [-0.4, -0.2) is 12.6 Å². The molecule has 0 saturated heterocycles. The number of allylic oxidation sites excluding steroid dienone is 1. The van der Waals surface area contributed by atoms with E-state index in [9.17, 15) is 4.79 Å². The highest BCUT2D eigenvalue weighted by molar-refractivity contribution is 5.81. The zero-order valence-corrected chi connectivity index (χ0v) is 12.2. The molecular weight excluding hydrogens is 260 g/mol. The van der Waals surface area contributed by atoms with Crippen LogP contribution in [-0.2, 0) is 9.53 Å². The van der Waals surface area contributed by atoms with Gasteiger partial charge in [-0.05, 0) is 24.5 Å². The van der Waals surface area contributed by atoms with E-state index >= 15 is 0 Å². The molecule has 0 saturated carbocycles. The molecule has 0 aliphatic heterocycles. The molecule has 0 aliphatic rings. The number of rotatable bonds is 6. The van der Waals surface area contributed by atoms with Crippen molar-refractivity contribution in [2.45, 2.75) is 19.3 Å². The number of carbonyl (C=O) groups excluding carboxylic acids is 1. The van der Waals surface area contributed by atoms with E-state index in [-0.39, 0.29) is 11.9 Å². The standard InChI is InChI=1S/C19H20O2/c1-2-21-19(20)15-9-14-18(16-10-5-3-6-11-16)17-12-7-4-8-13-17/h3-13,15,18H,2,14H2,1H3/b15-9+. The minimum absolute atomic E-state index is 0.248. The molecule has 0 radical (unpaired) electrons. The minimum atomic E-state index is -0.280. The van der Waals surface area contributed by atoms with Crippen molar-refractivity contribution in [3.05, 3.63) is 83.9 Å². The van der Waals surface area contributed by atoms with Gasteiger partial charge in [-0.3, -0.25) is 0 Å². The van der Waals surface area contributed by atoms with Gasteiger partial charge in [0.1, 0.15) is 0 Å². The van der Waals surface area contributed by atoms with Crippen LogP contribution in [0, 0.1) is 0 Å². The quantitative estimate of drug-likeness (QED) is 0.581. The first kappa shape index (κ1) is 15.0. The Hall–Kier alpha value is -2.35. The highest BCUT2D eigenvalue weighted by atomic mass is 16.5. The lowest BCUT2D eigenvalue weighted by atomic mass is 9.88. The van der Waals surface area contributed by atoms with Crippen molar-refractivity contribution in [2.75, 3.05) is 6.61 Å². The molecule has 2 rings (SSSR count). The average Bonchev–Trinajstić information content (AvgIpc) is 2.53. The Morgan fingerprint density at radius 3 is 2.00 bits per heavy atom. The number of ether oxygens (including phenoxy) is 1. The van der Waals surface area contributed by atoms with Gasteiger partial charge in [-0.1, -0.05) is 66.7 Å². The summed E-state index contributed by atoms with van der Waals surface area (Å²) in [5.41, 5.74) is 2.49. The Balaban J connectivity index is 2.16. The second kappa shape index (κ2) is 8.05. The molecule has 0 spiro atoms. The zero-order chi connectivity index (χ0) is 14.9. The molecule has 0 atom stereocenters. The van der Waals surface area contributed by atoms with E-state index in [4.69, 9.17) is 4.74 Å². The summed E-state index contributed by atoms with van der Waals surface area (Å²) in [5, 5.41) is 0. The lowest BCUT2D eigenvalue weighted by molar-refractivity contribution is -0.137. The summed E-state index contributed by atoms with van der Waals surface area (Å²) in [6, 6.07) is 20.7. The van der Waals surface area contributed by atoms with Crippen LogP contribution in [0.2, 0.25) is 0 Å². The summed E-state index contributed by atoms with van der Waals surface area (Å²) in [6.45, 7) is 2.21. The van der Waals surface area contributed by atoms with Gasteiger partial charge in [0, 0.05) is 12.0 Å². The topological polar surface area (TPSA) is 26.3 Å². The highest BCUT2D eigenvalue weighted by Gasteiger charge is 2.12. The van der Waals surface area contributed by atoms with E-state index in [1.807, 2.05) is 49.4 Å². The Kier molecular flexibility index (Phi) is 5.77.